The van der Waals surface area contributed by atoms with Crippen LogP contribution in [0.4, 0.5) is 44.7 Å². The average molecular weight is 855 g/mol. The predicted octanol–water partition coefficient (Wildman–Crippen LogP) is 5.54. The largest absolute Gasteiger partial charge is 0.492 e. The van der Waals surface area contributed by atoms with Gasteiger partial charge in [0.2, 0.25) is 24.1 Å². The van der Waals surface area contributed by atoms with Crippen LogP contribution in [0.2, 0.25) is 0 Å². The zero-order chi connectivity index (χ0) is 43.5. The zero-order valence-electron chi connectivity index (χ0n) is 32.9. The zero-order valence-corrected chi connectivity index (χ0v) is 33.8. The molecule has 3 N–H and O–H groups in total. The monoisotopic (exact) mass is 854 g/mol. The van der Waals surface area contributed by atoms with Gasteiger partial charge >= 0.3 is 6.18 Å². The lowest BCUT2D eigenvalue weighted by molar-refractivity contribution is -0.138. The molecule has 0 spiro atoms. The summed E-state index contributed by atoms with van der Waals surface area (Å²) in [7, 11) is 0. The van der Waals surface area contributed by atoms with Gasteiger partial charge in [0.05, 0.1) is 29.4 Å². The number of nitrogens with zero attached hydrogens (tertiary/aromatic N) is 5. The Balaban J connectivity index is 1.04. The number of rotatable bonds is 13. The highest BCUT2D eigenvalue weighted by molar-refractivity contribution is 7.81. The Morgan fingerprint density at radius 3 is 2.47 bits per heavy atom. The first-order valence-electron chi connectivity index (χ1n) is 19.2. The number of halogens is 5. The van der Waals surface area contributed by atoms with Crippen molar-refractivity contribution in [3.63, 3.8) is 0 Å². The summed E-state index contributed by atoms with van der Waals surface area (Å²) in [5.41, 5.74) is -1.87. The molecule has 6 rings (SSSR count). The molecule has 1 unspecified atom stereocenters. The van der Waals surface area contributed by atoms with Crippen LogP contribution in [0.1, 0.15) is 50.3 Å². The standard InChI is InChI=1S/C41H43F5N8O5S/c1-24-22-51(13-14-52(24)23-36(56)49-28-6-4-5-27(19-28)48-32-10-12-35(55)50-37(32)57)15-16-59-33-11-9-30(17-26(33)18-34(42)43)54-39(60)53(38(58)40(54,2)3)29-8-7-25(21-47)31(20-29)41(44,45)46/h4-9,11,17,19-20,24,32,34,48H,10,12-16,18,22-23H2,1-3H3,(H,49,56)(H,50,55,57)/t24-,32?/m1/s1. The van der Waals surface area contributed by atoms with Crippen LogP contribution in [-0.2, 0) is 31.8 Å². The highest BCUT2D eigenvalue weighted by atomic mass is 32.1. The van der Waals surface area contributed by atoms with E-state index in [0.29, 0.717) is 50.0 Å². The number of thiocarbonyl (C=S) groups is 1. The third-order valence-corrected chi connectivity index (χ3v) is 11.0. The number of benzene rings is 3. The normalized spacial score (nSPS) is 20.0. The molecule has 0 radical (unpaired) electrons. The minimum atomic E-state index is -4.87. The Hall–Kier alpha value is -5.71. The first kappa shape index (κ1) is 43.9. The molecule has 19 heteroatoms. The number of anilines is 4. The van der Waals surface area contributed by atoms with Gasteiger partial charge < -0.3 is 20.3 Å². The smallest absolute Gasteiger partial charge is 0.417 e. The first-order chi connectivity index (χ1) is 28.3. The molecular formula is C41H43F5N8O5S. The van der Waals surface area contributed by atoms with Gasteiger partial charge in [-0.1, -0.05) is 6.07 Å². The third kappa shape index (κ3) is 9.83. The van der Waals surface area contributed by atoms with Gasteiger partial charge in [-0.25, -0.2) is 8.78 Å². The highest BCUT2D eigenvalue weighted by Gasteiger charge is 2.51. The Labute approximate surface area is 348 Å². The second kappa shape index (κ2) is 17.9. The maximum absolute atomic E-state index is 13.9. The Bertz CT molecular complexity index is 2220. The van der Waals surface area contributed by atoms with E-state index in [1.54, 1.807) is 30.3 Å². The predicted molar refractivity (Wildman–Crippen MR) is 217 cm³/mol. The van der Waals surface area contributed by atoms with Crippen molar-refractivity contribution in [1.29, 1.82) is 5.26 Å². The number of carbonyl (C=O) groups excluding carboxylic acids is 4. The average Bonchev–Trinajstić information content (AvgIpc) is 3.35. The fraction of sp³-hybridized carbons (Fsp3) is 0.415. The van der Waals surface area contributed by atoms with E-state index >= 15 is 0 Å². The van der Waals surface area contributed by atoms with E-state index in [2.05, 4.69) is 20.9 Å². The van der Waals surface area contributed by atoms with Crippen LogP contribution in [0, 0.1) is 11.3 Å². The van der Waals surface area contributed by atoms with E-state index in [-0.39, 0.29) is 65.2 Å². The number of amides is 4. The van der Waals surface area contributed by atoms with Crippen molar-refractivity contribution in [2.24, 2.45) is 0 Å². The van der Waals surface area contributed by atoms with Crippen molar-refractivity contribution in [2.75, 3.05) is 59.8 Å². The molecule has 60 heavy (non-hydrogen) atoms. The number of imide groups is 1. The number of hydrogen-bond donors (Lipinski definition) is 3. The van der Waals surface area contributed by atoms with Gasteiger partial charge in [0.15, 0.2) is 5.11 Å². The second-order valence-electron chi connectivity index (χ2n) is 15.3. The van der Waals surface area contributed by atoms with Gasteiger partial charge in [-0.15, -0.1) is 0 Å². The lowest BCUT2D eigenvalue weighted by Crippen LogP contribution is -2.54. The fourth-order valence-electron chi connectivity index (χ4n) is 7.53. The van der Waals surface area contributed by atoms with Crippen molar-refractivity contribution in [3.05, 3.63) is 77.4 Å². The van der Waals surface area contributed by atoms with Crippen LogP contribution in [0.25, 0.3) is 0 Å². The van der Waals surface area contributed by atoms with Gasteiger partial charge in [0, 0.05) is 67.7 Å². The minimum absolute atomic E-state index is 0.00188. The van der Waals surface area contributed by atoms with Crippen molar-refractivity contribution >= 4 is 63.7 Å². The number of alkyl halides is 5. The molecule has 3 fully saturated rings. The van der Waals surface area contributed by atoms with Crippen LogP contribution in [0.3, 0.4) is 0 Å². The quantitative estimate of drug-likeness (QED) is 0.113. The number of carbonyl (C=O) groups is 4. The van der Waals surface area contributed by atoms with E-state index in [0.717, 1.165) is 11.0 Å². The van der Waals surface area contributed by atoms with Crippen molar-refractivity contribution in [3.8, 4) is 11.8 Å². The van der Waals surface area contributed by atoms with E-state index in [1.165, 1.54) is 43.0 Å². The number of nitriles is 1. The Morgan fingerprint density at radius 1 is 1.05 bits per heavy atom. The molecule has 13 nitrogen and oxygen atoms in total. The van der Waals surface area contributed by atoms with Crippen LogP contribution >= 0.6 is 12.2 Å². The molecule has 2 atom stereocenters. The molecule has 0 bridgehead atoms. The summed E-state index contributed by atoms with van der Waals surface area (Å²) >= 11 is 5.61. The maximum atomic E-state index is 13.9. The second-order valence-corrected chi connectivity index (χ2v) is 15.7. The van der Waals surface area contributed by atoms with E-state index in [9.17, 15) is 46.4 Å². The molecule has 4 amide bonds. The maximum Gasteiger partial charge on any atom is 0.417 e. The molecule has 0 aromatic heterocycles. The van der Waals surface area contributed by atoms with Crippen molar-refractivity contribution in [2.45, 2.75) is 70.3 Å². The van der Waals surface area contributed by atoms with Gasteiger partial charge in [-0.3, -0.25) is 39.2 Å². The summed E-state index contributed by atoms with van der Waals surface area (Å²) in [5.74, 6) is -1.37. The third-order valence-electron chi connectivity index (χ3n) is 10.6. The summed E-state index contributed by atoms with van der Waals surface area (Å²) in [5, 5.41) is 17.4. The van der Waals surface area contributed by atoms with Gasteiger partial charge in [0.1, 0.15) is 23.9 Å². The number of ether oxygens (including phenoxy) is 1. The molecule has 0 saturated carbocycles. The number of piperidine rings is 1. The summed E-state index contributed by atoms with van der Waals surface area (Å²) in [6, 6.07) is 15.3. The molecule has 3 saturated heterocycles. The number of nitrogens with one attached hydrogen (secondary N) is 3. The molecule has 318 valence electrons. The molecule has 3 heterocycles. The number of piperazine rings is 1. The van der Waals surface area contributed by atoms with E-state index < -0.39 is 53.5 Å². The summed E-state index contributed by atoms with van der Waals surface area (Å²) in [6.07, 6.45) is -7.69. The SMILES string of the molecule is C[C@@H]1CN(CCOc2ccc(N3C(=S)N(c4ccc(C#N)c(C(F)(F)F)c4)C(=O)C3(C)C)cc2CC(F)F)CCN1CC(=O)Nc1cccc(NC2CCC(=O)NC2=O)c1. The lowest BCUT2D eigenvalue weighted by atomic mass is 10.0. The van der Waals surface area contributed by atoms with Gasteiger partial charge in [-0.2, -0.15) is 18.4 Å². The highest BCUT2D eigenvalue weighted by Crippen LogP contribution is 2.41. The molecule has 3 aromatic rings. The van der Waals surface area contributed by atoms with Gasteiger partial charge in [0.25, 0.3) is 5.91 Å². The van der Waals surface area contributed by atoms with Crippen LogP contribution in [-0.4, -0.2) is 102 Å². The fourth-order valence-corrected chi connectivity index (χ4v) is 8.05. The Morgan fingerprint density at radius 2 is 1.78 bits per heavy atom. The summed E-state index contributed by atoms with van der Waals surface area (Å²) in [6.45, 7) is 7.61. The first-order valence-corrected chi connectivity index (χ1v) is 19.6. The molecule has 3 aromatic carbocycles. The van der Waals surface area contributed by atoms with Gasteiger partial charge in [-0.05, 0) is 94.0 Å². The van der Waals surface area contributed by atoms with Crippen LogP contribution in [0.5, 0.6) is 5.75 Å². The molecular weight excluding hydrogens is 812 g/mol. The molecule has 0 aliphatic carbocycles. The number of hydrogen-bond acceptors (Lipinski definition) is 10. The topological polar surface area (TPSA) is 150 Å². The van der Waals surface area contributed by atoms with Crippen molar-refractivity contribution in [1.82, 2.24) is 15.1 Å². The minimum Gasteiger partial charge on any atom is -0.492 e. The summed E-state index contributed by atoms with van der Waals surface area (Å²) < 4.78 is 75.1. The summed E-state index contributed by atoms with van der Waals surface area (Å²) in [4.78, 5) is 56.8. The van der Waals surface area contributed by atoms with E-state index in [4.69, 9.17) is 17.0 Å². The van der Waals surface area contributed by atoms with Crippen LogP contribution in [0.15, 0.2) is 60.7 Å². The van der Waals surface area contributed by atoms with Crippen LogP contribution < -0.4 is 30.5 Å². The molecule has 3 aliphatic rings. The van der Waals surface area contributed by atoms with E-state index in [1.807, 2.05) is 11.8 Å². The van der Waals surface area contributed by atoms with Crippen molar-refractivity contribution < 1.29 is 45.9 Å². The molecule has 3 aliphatic heterocycles. The Kier molecular flexibility index (Phi) is 13.1. The lowest BCUT2D eigenvalue weighted by Gasteiger charge is -2.39.